The molecule has 3 heteroatoms. The Morgan fingerprint density at radius 1 is 1.38 bits per heavy atom. The molecule has 0 heterocycles. The lowest BCUT2D eigenvalue weighted by atomic mass is 10.1. The van der Waals surface area contributed by atoms with Gasteiger partial charge >= 0.3 is 0 Å². The molecular weight excluding hydrogens is 166 g/mol. The van der Waals surface area contributed by atoms with Gasteiger partial charge in [-0.1, -0.05) is 24.8 Å². The molecule has 0 atom stereocenters. The van der Waals surface area contributed by atoms with Gasteiger partial charge < -0.3 is 15.9 Å². The fourth-order valence-electron chi connectivity index (χ4n) is 0.876. The van der Waals surface area contributed by atoms with E-state index in [0.717, 1.165) is 0 Å². The van der Waals surface area contributed by atoms with Crippen molar-refractivity contribution in [2.75, 3.05) is 13.2 Å². The average molecular weight is 183 g/mol. The third kappa shape index (κ3) is 5.22. The first-order valence-electron chi connectivity index (χ1n) is 4.24. The van der Waals surface area contributed by atoms with Gasteiger partial charge in [0.25, 0.3) is 0 Å². The van der Waals surface area contributed by atoms with Crippen LogP contribution >= 0.6 is 0 Å². The van der Waals surface area contributed by atoms with Crippen molar-refractivity contribution in [1.29, 1.82) is 0 Å². The van der Waals surface area contributed by atoms with Crippen LogP contribution in [0.4, 0.5) is 0 Å². The summed E-state index contributed by atoms with van der Waals surface area (Å²) in [5.41, 5.74) is 6.99. The Morgan fingerprint density at radius 2 is 2.08 bits per heavy atom. The van der Waals surface area contributed by atoms with E-state index in [2.05, 4.69) is 6.58 Å². The molecule has 0 unspecified atom stereocenters. The topological polar surface area (TPSA) is 66.5 Å². The number of allylic oxidation sites excluding steroid dienone is 3. The van der Waals surface area contributed by atoms with Crippen LogP contribution in [0.3, 0.4) is 0 Å². The third-order valence-electron chi connectivity index (χ3n) is 1.62. The highest BCUT2D eigenvalue weighted by atomic mass is 16.3. The molecule has 0 bridgehead atoms. The summed E-state index contributed by atoms with van der Waals surface area (Å²) in [7, 11) is 0. The van der Waals surface area contributed by atoms with Gasteiger partial charge in [-0.05, 0) is 18.4 Å². The maximum Gasteiger partial charge on any atom is 0.0698 e. The van der Waals surface area contributed by atoms with Crippen LogP contribution in [-0.2, 0) is 0 Å². The minimum Gasteiger partial charge on any atom is -0.402 e. The van der Waals surface area contributed by atoms with Crippen molar-refractivity contribution in [2.45, 2.75) is 12.8 Å². The summed E-state index contributed by atoms with van der Waals surface area (Å²) >= 11 is 0. The largest absolute Gasteiger partial charge is 0.402 e. The highest BCUT2D eigenvalue weighted by molar-refractivity contribution is 5.26. The number of rotatable bonds is 6. The second kappa shape index (κ2) is 7.58. The number of aliphatic hydroxyl groups is 2. The zero-order valence-corrected chi connectivity index (χ0v) is 7.74. The molecule has 0 spiro atoms. The SMILES string of the molecule is C=C/C=C\C(CO)=C(\N)CCCO. The van der Waals surface area contributed by atoms with Crippen LogP contribution in [0.1, 0.15) is 12.8 Å². The van der Waals surface area contributed by atoms with Gasteiger partial charge in [0.15, 0.2) is 0 Å². The first-order chi connectivity index (χ1) is 6.26. The highest BCUT2D eigenvalue weighted by Gasteiger charge is 1.97. The quantitative estimate of drug-likeness (QED) is 0.531. The van der Waals surface area contributed by atoms with E-state index in [9.17, 15) is 0 Å². The Morgan fingerprint density at radius 3 is 2.54 bits per heavy atom. The van der Waals surface area contributed by atoms with E-state index in [1.165, 1.54) is 0 Å². The Labute approximate surface area is 78.9 Å². The van der Waals surface area contributed by atoms with Crippen molar-refractivity contribution in [2.24, 2.45) is 5.73 Å². The summed E-state index contributed by atoms with van der Waals surface area (Å²) in [4.78, 5) is 0. The number of hydrogen-bond acceptors (Lipinski definition) is 3. The average Bonchev–Trinajstić information content (AvgIpc) is 2.16. The van der Waals surface area contributed by atoms with Crippen LogP contribution in [0.25, 0.3) is 0 Å². The fourth-order valence-corrected chi connectivity index (χ4v) is 0.876. The van der Waals surface area contributed by atoms with Crippen LogP contribution < -0.4 is 5.73 Å². The van der Waals surface area contributed by atoms with Gasteiger partial charge in [-0.3, -0.25) is 0 Å². The minimum atomic E-state index is -0.0817. The first kappa shape index (κ1) is 11.9. The molecule has 13 heavy (non-hydrogen) atoms. The van der Waals surface area contributed by atoms with Gasteiger partial charge in [-0.2, -0.15) is 0 Å². The van der Waals surface area contributed by atoms with Crippen LogP contribution in [0, 0.1) is 0 Å². The Balaban J connectivity index is 4.29. The van der Waals surface area contributed by atoms with E-state index in [4.69, 9.17) is 15.9 Å². The maximum atomic E-state index is 8.94. The van der Waals surface area contributed by atoms with Crippen molar-refractivity contribution in [3.8, 4) is 0 Å². The van der Waals surface area contributed by atoms with Crippen LogP contribution in [0.15, 0.2) is 36.1 Å². The molecule has 0 aromatic rings. The van der Waals surface area contributed by atoms with Crippen molar-refractivity contribution >= 4 is 0 Å². The number of nitrogens with two attached hydrogens (primary N) is 1. The van der Waals surface area contributed by atoms with E-state index in [1.54, 1.807) is 18.2 Å². The summed E-state index contributed by atoms with van der Waals surface area (Å²) in [5.74, 6) is 0. The zero-order chi connectivity index (χ0) is 10.1. The summed E-state index contributed by atoms with van der Waals surface area (Å²) in [6, 6.07) is 0. The van der Waals surface area contributed by atoms with Crippen LogP contribution in [0.5, 0.6) is 0 Å². The Bertz CT molecular complexity index is 207. The third-order valence-corrected chi connectivity index (χ3v) is 1.62. The summed E-state index contributed by atoms with van der Waals surface area (Å²) < 4.78 is 0. The first-order valence-corrected chi connectivity index (χ1v) is 4.24. The molecule has 0 aliphatic carbocycles. The number of hydrogen-bond donors (Lipinski definition) is 3. The molecule has 0 saturated heterocycles. The molecule has 0 aliphatic heterocycles. The van der Waals surface area contributed by atoms with Crippen LogP contribution in [0.2, 0.25) is 0 Å². The van der Waals surface area contributed by atoms with E-state index >= 15 is 0 Å². The fraction of sp³-hybridized carbons (Fsp3) is 0.400. The van der Waals surface area contributed by atoms with Crippen molar-refractivity contribution in [3.63, 3.8) is 0 Å². The summed E-state index contributed by atoms with van der Waals surface area (Å²) in [6.45, 7) is 3.55. The minimum absolute atomic E-state index is 0.0817. The molecule has 3 nitrogen and oxygen atoms in total. The van der Waals surface area contributed by atoms with Gasteiger partial charge in [0.05, 0.1) is 6.61 Å². The molecule has 0 saturated carbocycles. The second-order valence-corrected chi connectivity index (χ2v) is 2.63. The molecule has 0 aliphatic rings. The lowest BCUT2D eigenvalue weighted by molar-refractivity contribution is 0.287. The predicted molar refractivity (Wildman–Crippen MR) is 54.0 cm³/mol. The van der Waals surface area contributed by atoms with E-state index < -0.39 is 0 Å². The maximum absolute atomic E-state index is 8.94. The molecular formula is C10H17NO2. The van der Waals surface area contributed by atoms with Gasteiger partial charge in [-0.15, -0.1) is 0 Å². The predicted octanol–water partition coefficient (Wildman–Crippen LogP) is 0.706. The molecule has 0 radical (unpaired) electrons. The van der Waals surface area contributed by atoms with Crippen molar-refractivity contribution < 1.29 is 10.2 Å². The molecule has 0 rings (SSSR count). The van der Waals surface area contributed by atoms with Gasteiger partial charge in [-0.25, -0.2) is 0 Å². The molecule has 74 valence electrons. The normalized spacial score (nSPS) is 13.1. The lowest BCUT2D eigenvalue weighted by Crippen LogP contribution is -2.05. The van der Waals surface area contributed by atoms with Gasteiger partial charge in [0, 0.05) is 12.3 Å². The summed E-state index contributed by atoms with van der Waals surface area (Å²) in [6.07, 6.45) is 6.29. The summed E-state index contributed by atoms with van der Waals surface area (Å²) in [5, 5.41) is 17.5. The second-order valence-electron chi connectivity index (χ2n) is 2.63. The van der Waals surface area contributed by atoms with E-state index in [1.807, 2.05) is 0 Å². The highest BCUT2D eigenvalue weighted by Crippen LogP contribution is 2.06. The zero-order valence-electron chi connectivity index (χ0n) is 7.74. The standard InChI is InChI=1S/C10H17NO2/c1-2-3-5-9(8-13)10(11)6-4-7-12/h2-3,5,12-13H,1,4,6-8,11H2/b5-3-,10-9-. The van der Waals surface area contributed by atoms with Gasteiger partial charge in [0.2, 0.25) is 0 Å². The lowest BCUT2D eigenvalue weighted by Gasteiger charge is -2.04. The van der Waals surface area contributed by atoms with Crippen molar-refractivity contribution in [1.82, 2.24) is 0 Å². The van der Waals surface area contributed by atoms with Crippen LogP contribution in [-0.4, -0.2) is 23.4 Å². The monoisotopic (exact) mass is 183 g/mol. The molecule has 0 amide bonds. The van der Waals surface area contributed by atoms with Crippen molar-refractivity contribution in [3.05, 3.63) is 36.1 Å². The Kier molecular flexibility index (Phi) is 6.96. The van der Waals surface area contributed by atoms with E-state index in [0.29, 0.717) is 24.1 Å². The molecule has 4 N–H and O–H groups in total. The molecule has 0 fully saturated rings. The van der Waals surface area contributed by atoms with Gasteiger partial charge in [0.1, 0.15) is 0 Å². The smallest absolute Gasteiger partial charge is 0.0698 e. The molecule has 0 aromatic carbocycles. The van der Waals surface area contributed by atoms with E-state index in [-0.39, 0.29) is 13.2 Å². The number of aliphatic hydroxyl groups excluding tert-OH is 2. The Hall–Kier alpha value is -1.06. The molecule has 0 aromatic heterocycles.